The minimum absolute atomic E-state index is 0.143. The van der Waals surface area contributed by atoms with Crippen molar-refractivity contribution in [3.8, 4) is 5.75 Å². The third-order valence-corrected chi connectivity index (χ3v) is 9.12. The Morgan fingerprint density at radius 3 is 2.49 bits per heavy atom. The highest BCUT2D eigenvalue weighted by Crippen LogP contribution is 2.38. The molecule has 0 saturated heterocycles. The third-order valence-electron chi connectivity index (χ3n) is 6.71. The van der Waals surface area contributed by atoms with Gasteiger partial charge in [-0.2, -0.15) is 0 Å². The molecule has 0 spiro atoms. The van der Waals surface area contributed by atoms with Crippen LogP contribution in [-0.2, 0) is 9.53 Å². The number of esters is 1. The lowest BCUT2D eigenvalue weighted by molar-refractivity contribution is -0.387. The number of nitro groups is 1. The molecule has 5 rings (SSSR count). The first kappa shape index (κ1) is 32.3. The van der Waals surface area contributed by atoms with E-state index in [1.807, 2.05) is 19.9 Å². The molecule has 11 nitrogen and oxygen atoms in total. The Hall–Kier alpha value is -4.14. The van der Waals surface area contributed by atoms with Crippen molar-refractivity contribution in [3.05, 3.63) is 111 Å². The van der Waals surface area contributed by atoms with Gasteiger partial charge in [0.25, 0.3) is 11.2 Å². The van der Waals surface area contributed by atoms with Gasteiger partial charge in [0.2, 0.25) is 0 Å². The van der Waals surface area contributed by atoms with E-state index in [4.69, 9.17) is 9.47 Å². The minimum atomic E-state index is -0.895. The molecule has 0 N–H and O–H groups in total. The fourth-order valence-electron chi connectivity index (χ4n) is 4.92. The first-order valence-electron chi connectivity index (χ1n) is 13.7. The molecule has 1 aliphatic heterocycles. The molecule has 0 unspecified atom stereocenters. The number of carbonyl (C=O) groups is 1. The lowest BCUT2D eigenvalue weighted by Crippen LogP contribution is -2.40. The molecule has 0 radical (unpaired) electrons. The Labute approximate surface area is 274 Å². The van der Waals surface area contributed by atoms with Crippen LogP contribution in [0, 0.1) is 24.0 Å². The van der Waals surface area contributed by atoms with Gasteiger partial charge in [0, 0.05) is 27.5 Å². The number of benzene rings is 2. The summed E-state index contributed by atoms with van der Waals surface area (Å²) in [6.45, 7) is 8.86. The molecule has 0 fully saturated rings. The Bertz CT molecular complexity index is 2050. The number of thiazole rings is 1. The second-order valence-electron chi connectivity index (χ2n) is 10.4. The van der Waals surface area contributed by atoms with Crippen molar-refractivity contribution >= 4 is 56.8 Å². The van der Waals surface area contributed by atoms with Crippen molar-refractivity contribution in [1.29, 1.82) is 0 Å². The minimum Gasteiger partial charge on any atom is -0.496 e. The fourth-order valence-corrected chi connectivity index (χ4v) is 7.29. The Morgan fingerprint density at radius 2 is 1.84 bits per heavy atom. The molecular formula is C31H28BrN5O6S2. The van der Waals surface area contributed by atoms with Crippen molar-refractivity contribution in [2.45, 2.75) is 56.8 Å². The van der Waals surface area contributed by atoms with Gasteiger partial charge < -0.3 is 9.47 Å². The number of hydrogen-bond donors (Lipinski definition) is 0. The second kappa shape index (κ2) is 13.1. The van der Waals surface area contributed by atoms with E-state index in [0.717, 1.165) is 39.0 Å². The van der Waals surface area contributed by atoms with Crippen LogP contribution in [0.1, 0.15) is 49.3 Å². The zero-order valence-electron chi connectivity index (χ0n) is 25.2. The number of hydrogen-bond acceptors (Lipinski definition) is 11. The number of rotatable bonds is 8. The summed E-state index contributed by atoms with van der Waals surface area (Å²) in [7, 11) is 1.51. The van der Waals surface area contributed by atoms with E-state index < -0.39 is 28.6 Å². The SMILES string of the molecule is COc1ccc(Br)cc1[C@H]1C(C(=O)OC(C)C)=C(C)N=c2s/c(=C\c3ccc(Sc4nc(C)cc(C)n4)c([N+](=O)[O-])c3)c(=O)n21. The number of fused-ring (bicyclic) bond motifs is 1. The van der Waals surface area contributed by atoms with Gasteiger partial charge in [0.15, 0.2) is 9.96 Å². The molecule has 1 atom stereocenters. The largest absolute Gasteiger partial charge is 0.496 e. The van der Waals surface area contributed by atoms with Gasteiger partial charge in [-0.15, -0.1) is 0 Å². The number of methoxy groups -OCH3 is 1. The molecule has 4 aromatic rings. The predicted octanol–water partition coefficient (Wildman–Crippen LogP) is 5.42. The molecule has 3 heterocycles. The van der Waals surface area contributed by atoms with Crippen molar-refractivity contribution in [1.82, 2.24) is 14.5 Å². The van der Waals surface area contributed by atoms with E-state index in [9.17, 15) is 19.7 Å². The molecule has 0 amide bonds. The average Bonchev–Trinajstić information content (AvgIpc) is 3.25. The quantitative estimate of drug-likeness (QED) is 0.102. The molecule has 45 heavy (non-hydrogen) atoms. The number of ether oxygens (including phenoxy) is 2. The highest BCUT2D eigenvalue weighted by molar-refractivity contribution is 9.10. The molecule has 0 aliphatic carbocycles. The van der Waals surface area contributed by atoms with Crippen LogP contribution in [0.3, 0.4) is 0 Å². The van der Waals surface area contributed by atoms with Crippen LogP contribution in [0.15, 0.2) is 78.0 Å². The summed E-state index contributed by atoms with van der Waals surface area (Å²) in [5, 5.41) is 12.5. The van der Waals surface area contributed by atoms with Gasteiger partial charge in [-0.3, -0.25) is 19.5 Å². The van der Waals surface area contributed by atoms with Gasteiger partial charge in [-0.1, -0.05) is 33.3 Å². The third kappa shape index (κ3) is 6.77. The van der Waals surface area contributed by atoms with Crippen LogP contribution in [0.5, 0.6) is 5.75 Å². The molecule has 1 aliphatic rings. The molecule has 2 aromatic heterocycles. The summed E-state index contributed by atoms with van der Waals surface area (Å²) in [5.74, 6) is -0.122. The number of nitrogens with zero attached hydrogens (tertiary/aromatic N) is 5. The molecular weight excluding hydrogens is 682 g/mol. The summed E-state index contributed by atoms with van der Waals surface area (Å²) in [6.07, 6.45) is 1.19. The van der Waals surface area contributed by atoms with Crippen molar-refractivity contribution in [3.63, 3.8) is 0 Å². The second-order valence-corrected chi connectivity index (χ2v) is 13.4. The van der Waals surface area contributed by atoms with Crippen LogP contribution in [0.25, 0.3) is 6.08 Å². The number of carbonyl (C=O) groups excluding carboxylic acids is 1. The van der Waals surface area contributed by atoms with Gasteiger partial charge in [-0.05, 0) is 88.4 Å². The van der Waals surface area contributed by atoms with E-state index in [-0.39, 0.29) is 15.8 Å². The van der Waals surface area contributed by atoms with Crippen molar-refractivity contribution in [2.24, 2.45) is 4.99 Å². The molecule has 232 valence electrons. The predicted molar refractivity (Wildman–Crippen MR) is 174 cm³/mol. The maximum absolute atomic E-state index is 14.1. The Morgan fingerprint density at radius 1 is 1.13 bits per heavy atom. The van der Waals surface area contributed by atoms with Gasteiger partial charge in [-0.25, -0.2) is 19.8 Å². The lowest BCUT2D eigenvalue weighted by atomic mass is 9.95. The van der Waals surface area contributed by atoms with E-state index in [2.05, 4.69) is 30.9 Å². The van der Waals surface area contributed by atoms with E-state index in [0.29, 0.717) is 37.4 Å². The summed E-state index contributed by atoms with van der Waals surface area (Å²) in [6, 6.07) is 11.0. The maximum Gasteiger partial charge on any atom is 0.338 e. The van der Waals surface area contributed by atoms with Crippen LogP contribution in [-0.4, -0.2) is 38.6 Å². The van der Waals surface area contributed by atoms with E-state index in [1.165, 1.54) is 17.7 Å². The number of nitro benzene ring substituents is 1. The first-order chi connectivity index (χ1) is 21.4. The highest BCUT2D eigenvalue weighted by atomic mass is 79.9. The number of aryl methyl sites for hydroxylation is 2. The number of allylic oxidation sites excluding steroid dienone is 1. The van der Waals surface area contributed by atoms with Crippen molar-refractivity contribution < 1.29 is 19.2 Å². The molecule has 14 heteroatoms. The number of aromatic nitrogens is 3. The van der Waals surface area contributed by atoms with Gasteiger partial charge in [0.05, 0.1) is 38.8 Å². The fraction of sp³-hybridized carbons (Fsp3) is 0.258. The summed E-state index contributed by atoms with van der Waals surface area (Å²) < 4.78 is 13.7. The van der Waals surface area contributed by atoms with Gasteiger partial charge in [0.1, 0.15) is 11.8 Å². The number of halogens is 1. The smallest absolute Gasteiger partial charge is 0.338 e. The monoisotopic (exact) mass is 709 g/mol. The Kier molecular flexibility index (Phi) is 9.37. The van der Waals surface area contributed by atoms with Crippen LogP contribution < -0.4 is 19.6 Å². The molecule has 2 aromatic carbocycles. The van der Waals surface area contributed by atoms with Crippen molar-refractivity contribution in [2.75, 3.05) is 7.11 Å². The molecule has 0 bridgehead atoms. The maximum atomic E-state index is 14.1. The summed E-state index contributed by atoms with van der Waals surface area (Å²) in [5.41, 5.74) is 2.59. The highest BCUT2D eigenvalue weighted by Gasteiger charge is 2.35. The zero-order valence-corrected chi connectivity index (χ0v) is 28.4. The van der Waals surface area contributed by atoms with E-state index >= 15 is 0 Å². The average molecular weight is 711 g/mol. The first-order valence-corrected chi connectivity index (χ1v) is 16.1. The van der Waals surface area contributed by atoms with Crippen LogP contribution in [0.4, 0.5) is 5.69 Å². The van der Waals surface area contributed by atoms with E-state index in [1.54, 1.807) is 57.2 Å². The zero-order chi connectivity index (χ0) is 32.6. The van der Waals surface area contributed by atoms with Crippen LogP contribution >= 0.6 is 39.0 Å². The topological polar surface area (TPSA) is 139 Å². The van der Waals surface area contributed by atoms with Crippen LogP contribution in [0.2, 0.25) is 0 Å². The van der Waals surface area contributed by atoms with Gasteiger partial charge >= 0.3 is 5.97 Å². The summed E-state index contributed by atoms with van der Waals surface area (Å²) >= 11 is 5.72. The Balaban J connectivity index is 1.65. The molecule has 0 saturated carbocycles. The normalized spacial score (nSPS) is 14.8. The summed E-state index contributed by atoms with van der Waals surface area (Å²) in [4.78, 5) is 53.2. The lowest BCUT2D eigenvalue weighted by Gasteiger charge is -2.26. The standard InChI is InChI=1S/C31H28BrN5O6S2/c1-15(2)43-29(39)26-18(5)35-31-36(27(26)21-14-20(32)8-9-23(21)42-6)28(38)25(45-31)13-19-7-10-24(22(12-19)37(40)41)44-30-33-16(3)11-17(4)34-30/h7-15,27H,1-6H3/b25-13-/t27-/m0/s1.